The number of fused-ring (bicyclic) bond motifs is 1. The molecule has 1 atom stereocenters. The standard InChI is InChI=1S/C12H16N4O3S/c1-15-13-10-4-3-5-11(12(10)14-15)20(17,18)16-7-6-9(8-16)19-2/h3-5,9H,6-8H2,1-2H3/t9-/m1/s1. The number of hydrogen-bond acceptors (Lipinski definition) is 5. The highest BCUT2D eigenvalue weighted by Crippen LogP contribution is 2.26. The lowest BCUT2D eigenvalue weighted by Crippen LogP contribution is -2.30. The molecule has 0 spiro atoms. The number of hydrogen-bond donors (Lipinski definition) is 0. The molecule has 1 fully saturated rings. The Kier molecular flexibility index (Phi) is 3.23. The number of aryl methyl sites for hydroxylation is 1. The number of aromatic nitrogens is 3. The molecule has 0 bridgehead atoms. The van der Waals surface area contributed by atoms with Gasteiger partial charge in [0.05, 0.1) is 6.10 Å². The van der Waals surface area contributed by atoms with Crippen molar-refractivity contribution < 1.29 is 13.2 Å². The second-order valence-corrected chi connectivity index (χ2v) is 6.73. The Morgan fingerprint density at radius 3 is 2.85 bits per heavy atom. The minimum atomic E-state index is -3.56. The van der Waals surface area contributed by atoms with Gasteiger partial charge in [0, 0.05) is 27.2 Å². The molecule has 108 valence electrons. The van der Waals surface area contributed by atoms with Crippen LogP contribution >= 0.6 is 0 Å². The van der Waals surface area contributed by atoms with Gasteiger partial charge < -0.3 is 4.74 Å². The monoisotopic (exact) mass is 296 g/mol. The minimum absolute atomic E-state index is 0.0363. The minimum Gasteiger partial charge on any atom is -0.380 e. The second kappa shape index (κ2) is 4.80. The SMILES string of the molecule is CO[C@@H]1CCN(S(=O)(=O)c2cccc3nn(C)nc23)C1. The Labute approximate surface area is 117 Å². The smallest absolute Gasteiger partial charge is 0.245 e. The maximum Gasteiger partial charge on any atom is 0.245 e. The van der Waals surface area contributed by atoms with Gasteiger partial charge in [0.1, 0.15) is 15.9 Å². The quantitative estimate of drug-likeness (QED) is 0.818. The summed E-state index contributed by atoms with van der Waals surface area (Å²) in [7, 11) is -0.282. The zero-order chi connectivity index (χ0) is 14.3. The summed E-state index contributed by atoms with van der Waals surface area (Å²) in [6.45, 7) is 0.854. The van der Waals surface area contributed by atoms with Crippen molar-refractivity contribution in [3.63, 3.8) is 0 Å². The second-order valence-electron chi connectivity index (χ2n) is 4.82. The van der Waals surface area contributed by atoms with Gasteiger partial charge >= 0.3 is 0 Å². The van der Waals surface area contributed by atoms with E-state index >= 15 is 0 Å². The fraction of sp³-hybridized carbons (Fsp3) is 0.500. The predicted octanol–water partition coefficient (Wildman–Crippen LogP) is 0.378. The molecule has 1 aromatic heterocycles. The summed E-state index contributed by atoms with van der Waals surface area (Å²) in [5, 5.41) is 8.30. The number of sulfonamides is 1. The van der Waals surface area contributed by atoms with Gasteiger partial charge in [-0.1, -0.05) is 6.07 Å². The van der Waals surface area contributed by atoms with Gasteiger partial charge in [-0.3, -0.25) is 0 Å². The predicted molar refractivity (Wildman–Crippen MR) is 72.7 cm³/mol. The van der Waals surface area contributed by atoms with Gasteiger partial charge in [0.25, 0.3) is 0 Å². The van der Waals surface area contributed by atoms with E-state index in [4.69, 9.17) is 4.74 Å². The van der Waals surface area contributed by atoms with Crippen molar-refractivity contribution >= 4 is 21.1 Å². The lowest BCUT2D eigenvalue weighted by Gasteiger charge is -2.16. The number of rotatable bonds is 3. The average Bonchev–Trinajstić information content (AvgIpc) is 3.02. The van der Waals surface area contributed by atoms with E-state index in [0.717, 1.165) is 0 Å². The van der Waals surface area contributed by atoms with Crippen LogP contribution in [0.4, 0.5) is 0 Å². The highest BCUT2D eigenvalue weighted by atomic mass is 32.2. The van der Waals surface area contributed by atoms with Gasteiger partial charge in [-0.15, -0.1) is 0 Å². The van der Waals surface area contributed by atoms with E-state index in [1.54, 1.807) is 32.4 Å². The van der Waals surface area contributed by atoms with Gasteiger partial charge in [0.2, 0.25) is 10.0 Å². The zero-order valence-electron chi connectivity index (χ0n) is 11.4. The van der Waals surface area contributed by atoms with Crippen molar-refractivity contribution in [2.24, 2.45) is 7.05 Å². The van der Waals surface area contributed by atoms with Crippen molar-refractivity contribution in [3.8, 4) is 0 Å². The largest absolute Gasteiger partial charge is 0.380 e. The Morgan fingerprint density at radius 2 is 2.15 bits per heavy atom. The molecular formula is C12H16N4O3S. The summed E-state index contributed by atoms with van der Waals surface area (Å²) in [4.78, 5) is 1.59. The van der Waals surface area contributed by atoms with Crippen molar-refractivity contribution in [2.75, 3.05) is 20.2 Å². The van der Waals surface area contributed by atoms with E-state index in [-0.39, 0.29) is 11.0 Å². The Balaban J connectivity index is 2.06. The first-order valence-corrected chi connectivity index (χ1v) is 7.79. The van der Waals surface area contributed by atoms with E-state index in [1.165, 1.54) is 9.10 Å². The molecule has 20 heavy (non-hydrogen) atoms. The van der Waals surface area contributed by atoms with Crippen molar-refractivity contribution in [2.45, 2.75) is 17.4 Å². The molecule has 1 aliphatic heterocycles. The first kappa shape index (κ1) is 13.5. The number of methoxy groups -OCH3 is 1. The van der Waals surface area contributed by atoms with E-state index in [1.807, 2.05) is 0 Å². The number of nitrogens with zero attached hydrogens (tertiary/aromatic N) is 4. The third-order valence-electron chi connectivity index (χ3n) is 3.53. The molecule has 2 heterocycles. The molecule has 0 unspecified atom stereocenters. The van der Waals surface area contributed by atoms with Crippen molar-refractivity contribution in [1.29, 1.82) is 0 Å². The third-order valence-corrected chi connectivity index (χ3v) is 5.43. The summed E-state index contributed by atoms with van der Waals surface area (Å²) in [6, 6.07) is 5.02. The summed E-state index contributed by atoms with van der Waals surface area (Å²) in [5.74, 6) is 0. The Bertz CT molecular complexity index is 740. The first-order valence-electron chi connectivity index (χ1n) is 6.35. The molecule has 7 nitrogen and oxygen atoms in total. The summed E-state index contributed by atoms with van der Waals surface area (Å²) < 4.78 is 32.1. The average molecular weight is 296 g/mol. The Hall–Kier alpha value is -1.51. The molecular weight excluding hydrogens is 280 g/mol. The fourth-order valence-electron chi connectivity index (χ4n) is 2.47. The molecule has 1 aliphatic rings. The van der Waals surface area contributed by atoms with Crippen LogP contribution in [0.5, 0.6) is 0 Å². The normalized spacial score (nSPS) is 20.8. The van der Waals surface area contributed by atoms with Crippen LogP contribution in [0.25, 0.3) is 11.0 Å². The Morgan fingerprint density at radius 1 is 1.35 bits per heavy atom. The molecule has 8 heteroatoms. The fourth-order valence-corrected chi connectivity index (χ4v) is 4.10. The molecule has 0 aliphatic carbocycles. The molecule has 1 aromatic carbocycles. The van der Waals surface area contributed by atoms with Crippen LogP contribution in [0.1, 0.15) is 6.42 Å². The molecule has 0 amide bonds. The summed E-state index contributed by atoms with van der Waals surface area (Å²) >= 11 is 0. The number of benzene rings is 1. The van der Waals surface area contributed by atoms with Crippen molar-refractivity contribution in [3.05, 3.63) is 18.2 Å². The van der Waals surface area contributed by atoms with Gasteiger partial charge in [-0.2, -0.15) is 19.3 Å². The maximum absolute atomic E-state index is 12.7. The molecule has 0 radical (unpaired) electrons. The molecule has 1 saturated heterocycles. The summed E-state index contributed by atoms with van der Waals surface area (Å²) in [5.41, 5.74) is 0.993. The van der Waals surface area contributed by atoms with Crippen molar-refractivity contribution in [1.82, 2.24) is 19.3 Å². The first-order chi connectivity index (χ1) is 9.52. The maximum atomic E-state index is 12.7. The van der Waals surface area contributed by atoms with Crippen LogP contribution in [0.15, 0.2) is 23.1 Å². The zero-order valence-corrected chi connectivity index (χ0v) is 12.2. The highest BCUT2D eigenvalue weighted by molar-refractivity contribution is 7.89. The molecule has 2 aromatic rings. The van der Waals surface area contributed by atoms with E-state index in [9.17, 15) is 8.42 Å². The highest BCUT2D eigenvalue weighted by Gasteiger charge is 2.34. The third kappa shape index (κ3) is 2.09. The number of ether oxygens (including phenoxy) is 1. The van der Waals surface area contributed by atoms with Gasteiger partial charge in [-0.25, -0.2) is 8.42 Å². The van der Waals surface area contributed by atoms with E-state index in [0.29, 0.717) is 30.5 Å². The molecule has 3 rings (SSSR count). The topological polar surface area (TPSA) is 77.3 Å². The van der Waals surface area contributed by atoms with Crippen LogP contribution in [0.3, 0.4) is 0 Å². The molecule has 0 saturated carbocycles. The van der Waals surface area contributed by atoms with Crippen LogP contribution in [0.2, 0.25) is 0 Å². The lowest BCUT2D eigenvalue weighted by molar-refractivity contribution is 0.115. The van der Waals surface area contributed by atoms with Crippen LogP contribution in [-0.4, -0.2) is 54.0 Å². The molecule has 0 N–H and O–H groups in total. The van der Waals surface area contributed by atoms with Crippen LogP contribution in [-0.2, 0) is 21.8 Å². The van der Waals surface area contributed by atoms with Crippen LogP contribution < -0.4 is 0 Å². The summed E-state index contributed by atoms with van der Waals surface area (Å²) in [6.07, 6.45) is 0.678. The van der Waals surface area contributed by atoms with E-state index in [2.05, 4.69) is 10.2 Å². The van der Waals surface area contributed by atoms with Gasteiger partial charge in [0.15, 0.2) is 0 Å². The van der Waals surface area contributed by atoms with Crippen LogP contribution in [0, 0.1) is 0 Å². The lowest BCUT2D eigenvalue weighted by atomic mass is 10.3. The van der Waals surface area contributed by atoms with Gasteiger partial charge in [-0.05, 0) is 18.6 Å². The van der Waals surface area contributed by atoms with E-state index < -0.39 is 10.0 Å².